The number of likely N-dealkylation sites (N-methyl/N-ethyl adjacent to an activating group) is 1. The van der Waals surface area contributed by atoms with Crippen LogP contribution in [0.5, 0.6) is 0 Å². The molecule has 2 N–H and O–H groups in total. The summed E-state index contributed by atoms with van der Waals surface area (Å²) < 4.78 is 0. The van der Waals surface area contributed by atoms with Crippen LogP contribution in [0.1, 0.15) is 5.56 Å². The summed E-state index contributed by atoms with van der Waals surface area (Å²) in [4.78, 5) is 28.9. The van der Waals surface area contributed by atoms with Gasteiger partial charge in [-0.25, -0.2) is 0 Å². The molecule has 0 atom stereocenters. The lowest BCUT2D eigenvalue weighted by molar-refractivity contribution is -0.133. The third-order valence-corrected chi connectivity index (χ3v) is 4.87. The number of hydrogen-bond donors (Lipinski definition) is 2. The van der Waals surface area contributed by atoms with Crippen molar-refractivity contribution in [2.45, 2.75) is 6.92 Å². The monoisotopic (exact) mass is 386 g/mol. The highest BCUT2D eigenvalue weighted by atomic mass is 35.5. The predicted octanol–water partition coefficient (Wildman–Crippen LogP) is 2.98. The summed E-state index contributed by atoms with van der Waals surface area (Å²) in [6.07, 6.45) is 0. The van der Waals surface area contributed by atoms with Crippen LogP contribution in [0.3, 0.4) is 0 Å². The predicted molar refractivity (Wildman–Crippen MR) is 110 cm³/mol. The molecule has 7 heteroatoms. The first-order valence-electron chi connectivity index (χ1n) is 8.84. The highest BCUT2D eigenvalue weighted by Gasteiger charge is 2.16. The minimum absolute atomic E-state index is 0.560. The molecule has 0 radical (unpaired) electrons. The van der Waals surface area contributed by atoms with Gasteiger partial charge in [0.1, 0.15) is 0 Å². The van der Waals surface area contributed by atoms with Crippen molar-refractivity contribution in [3.8, 4) is 0 Å². The van der Waals surface area contributed by atoms with Gasteiger partial charge >= 0.3 is 11.8 Å². The highest BCUT2D eigenvalue weighted by molar-refractivity contribution is 6.43. The van der Waals surface area contributed by atoms with Gasteiger partial charge in [-0.05, 0) is 62.0 Å². The molecule has 0 unspecified atom stereocenters. The molecule has 0 saturated carbocycles. The van der Waals surface area contributed by atoms with Gasteiger partial charge in [-0.3, -0.25) is 9.59 Å². The third-order valence-electron chi connectivity index (χ3n) is 4.64. The molecule has 0 aromatic heterocycles. The van der Waals surface area contributed by atoms with Gasteiger partial charge in [-0.15, -0.1) is 0 Å². The van der Waals surface area contributed by atoms with E-state index in [0.717, 1.165) is 37.4 Å². The fourth-order valence-electron chi connectivity index (χ4n) is 2.95. The fraction of sp³-hybridized carbons (Fsp3) is 0.300. The van der Waals surface area contributed by atoms with Crippen LogP contribution < -0.4 is 15.5 Å². The average Bonchev–Trinajstić information content (AvgIpc) is 2.65. The number of nitrogens with one attached hydrogen (secondary N) is 2. The van der Waals surface area contributed by atoms with Crippen LogP contribution >= 0.6 is 11.6 Å². The Kier molecular flexibility index (Phi) is 5.98. The third kappa shape index (κ3) is 4.99. The summed E-state index contributed by atoms with van der Waals surface area (Å²) >= 11 is 5.90. The molecule has 2 amide bonds. The summed E-state index contributed by atoms with van der Waals surface area (Å²) in [5, 5.41) is 5.81. The summed E-state index contributed by atoms with van der Waals surface area (Å²) in [5.74, 6) is -1.43. The highest BCUT2D eigenvalue weighted by Crippen LogP contribution is 2.21. The van der Waals surface area contributed by atoms with E-state index in [1.807, 2.05) is 31.2 Å². The Labute approximate surface area is 164 Å². The lowest BCUT2D eigenvalue weighted by Gasteiger charge is -2.34. The van der Waals surface area contributed by atoms with E-state index < -0.39 is 11.8 Å². The van der Waals surface area contributed by atoms with Gasteiger partial charge < -0.3 is 20.4 Å². The Morgan fingerprint density at radius 1 is 0.926 bits per heavy atom. The molecule has 0 aliphatic carbocycles. The van der Waals surface area contributed by atoms with Crippen LogP contribution in [0.25, 0.3) is 0 Å². The Bertz CT molecular complexity index is 830. The Hall–Kier alpha value is -2.57. The van der Waals surface area contributed by atoms with Crippen LogP contribution in [0, 0.1) is 6.92 Å². The van der Waals surface area contributed by atoms with Crippen LogP contribution in [0.2, 0.25) is 5.02 Å². The van der Waals surface area contributed by atoms with Crippen LogP contribution in [-0.4, -0.2) is 49.9 Å². The number of carbonyl (C=O) groups is 2. The zero-order chi connectivity index (χ0) is 19.4. The van der Waals surface area contributed by atoms with Gasteiger partial charge in [0.05, 0.1) is 0 Å². The topological polar surface area (TPSA) is 64.7 Å². The molecule has 1 aliphatic rings. The summed E-state index contributed by atoms with van der Waals surface area (Å²) in [6, 6.07) is 12.6. The second kappa shape index (κ2) is 8.41. The van der Waals surface area contributed by atoms with E-state index in [1.165, 1.54) is 0 Å². The SMILES string of the molecule is Cc1cc(Cl)ccc1NC(=O)C(=O)Nc1ccc(N2CCN(C)CC2)cc1. The fourth-order valence-corrected chi connectivity index (χ4v) is 3.18. The Morgan fingerprint density at radius 2 is 1.56 bits per heavy atom. The van der Waals surface area contributed by atoms with Crippen molar-refractivity contribution in [1.82, 2.24) is 4.90 Å². The number of piperazine rings is 1. The van der Waals surface area contributed by atoms with Gasteiger partial charge in [0.15, 0.2) is 0 Å². The van der Waals surface area contributed by atoms with Crippen molar-refractivity contribution in [3.05, 3.63) is 53.1 Å². The normalized spacial score (nSPS) is 14.7. The Morgan fingerprint density at radius 3 is 2.19 bits per heavy atom. The first-order valence-corrected chi connectivity index (χ1v) is 9.22. The molecule has 1 heterocycles. The van der Waals surface area contributed by atoms with Crippen molar-refractivity contribution in [2.24, 2.45) is 0 Å². The van der Waals surface area contributed by atoms with Crippen LogP contribution in [-0.2, 0) is 9.59 Å². The lowest BCUT2D eigenvalue weighted by atomic mass is 10.2. The number of benzene rings is 2. The van der Waals surface area contributed by atoms with E-state index in [4.69, 9.17) is 11.6 Å². The van der Waals surface area contributed by atoms with E-state index in [0.29, 0.717) is 16.4 Å². The number of aryl methyl sites for hydroxylation is 1. The van der Waals surface area contributed by atoms with Gasteiger partial charge in [0, 0.05) is 48.3 Å². The molecule has 142 valence electrons. The van der Waals surface area contributed by atoms with Crippen molar-refractivity contribution in [1.29, 1.82) is 0 Å². The van der Waals surface area contributed by atoms with Gasteiger partial charge in [0.2, 0.25) is 0 Å². The molecule has 1 aliphatic heterocycles. The molecule has 0 bridgehead atoms. The van der Waals surface area contributed by atoms with Gasteiger partial charge in [-0.2, -0.15) is 0 Å². The molecular weight excluding hydrogens is 364 g/mol. The van der Waals surface area contributed by atoms with Gasteiger partial charge in [0.25, 0.3) is 0 Å². The van der Waals surface area contributed by atoms with Crippen molar-refractivity contribution < 1.29 is 9.59 Å². The van der Waals surface area contributed by atoms with E-state index in [2.05, 4.69) is 27.5 Å². The quantitative estimate of drug-likeness (QED) is 0.796. The number of hydrogen-bond acceptors (Lipinski definition) is 4. The van der Waals surface area contributed by atoms with Crippen molar-refractivity contribution >= 4 is 40.5 Å². The minimum atomic E-state index is -0.719. The van der Waals surface area contributed by atoms with Crippen LogP contribution in [0.4, 0.5) is 17.1 Å². The maximum absolute atomic E-state index is 12.2. The van der Waals surface area contributed by atoms with Crippen LogP contribution in [0.15, 0.2) is 42.5 Å². The van der Waals surface area contributed by atoms with E-state index >= 15 is 0 Å². The van der Waals surface area contributed by atoms with E-state index in [-0.39, 0.29) is 0 Å². The zero-order valence-electron chi connectivity index (χ0n) is 15.5. The molecule has 6 nitrogen and oxygen atoms in total. The molecule has 2 aromatic carbocycles. The molecule has 0 spiro atoms. The molecular formula is C20H23ClN4O2. The maximum Gasteiger partial charge on any atom is 0.314 e. The lowest BCUT2D eigenvalue weighted by Crippen LogP contribution is -2.44. The summed E-state index contributed by atoms with van der Waals surface area (Å²) in [5.41, 5.74) is 3.05. The van der Waals surface area contributed by atoms with E-state index in [9.17, 15) is 9.59 Å². The minimum Gasteiger partial charge on any atom is -0.369 e. The van der Waals surface area contributed by atoms with Crippen molar-refractivity contribution in [3.63, 3.8) is 0 Å². The maximum atomic E-state index is 12.2. The first-order chi connectivity index (χ1) is 12.9. The molecule has 1 saturated heterocycles. The Balaban J connectivity index is 1.57. The number of amides is 2. The van der Waals surface area contributed by atoms with Crippen molar-refractivity contribution in [2.75, 3.05) is 48.8 Å². The smallest absolute Gasteiger partial charge is 0.314 e. The molecule has 27 heavy (non-hydrogen) atoms. The molecule has 2 aromatic rings. The van der Waals surface area contributed by atoms with Gasteiger partial charge in [-0.1, -0.05) is 11.6 Å². The second-order valence-corrected chi connectivity index (χ2v) is 7.14. The number of anilines is 3. The molecule has 3 rings (SSSR count). The van der Waals surface area contributed by atoms with E-state index in [1.54, 1.807) is 18.2 Å². The largest absolute Gasteiger partial charge is 0.369 e. The zero-order valence-corrected chi connectivity index (χ0v) is 16.2. The number of nitrogens with zero attached hydrogens (tertiary/aromatic N) is 2. The molecule has 1 fully saturated rings. The second-order valence-electron chi connectivity index (χ2n) is 6.70. The summed E-state index contributed by atoms with van der Waals surface area (Å²) in [7, 11) is 2.12. The average molecular weight is 387 g/mol. The number of halogens is 1. The standard InChI is InChI=1S/C20H23ClN4O2/c1-14-13-15(21)3-8-18(14)23-20(27)19(26)22-16-4-6-17(7-5-16)25-11-9-24(2)10-12-25/h3-8,13H,9-12H2,1-2H3,(H,22,26)(H,23,27). The number of rotatable bonds is 3. The summed E-state index contributed by atoms with van der Waals surface area (Å²) in [6.45, 7) is 5.83. The first kappa shape index (κ1) is 19.2. The number of carbonyl (C=O) groups excluding carboxylic acids is 2.